The molecule has 4 heteroatoms. The Hall–Kier alpha value is -1.13. The molecule has 20 heavy (non-hydrogen) atoms. The number of halogens is 1. The van der Waals surface area contributed by atoms with Crippen LogP contribution in [0.3, 0.4) is 0 Å². The lowest BCUT2D eigenvalue weighted by Gasteiger charge is -2.32. The minimum atomic E-state index is -0.264. The van der Waals surface area contributed by atoms with E-state index in [1.165, 1.54) is 32.8 Å². The molecule has 1 aliphatic rings. The molecule has 2 rings (SSSR count). The summed E-state index contributed by atoms with van der Waals surface area (Å²) in [5.41, 5.74) is 3.56. The number of nitrogens with one attached hydrogen (secondary N) is 1. The van der Waals surface area contributed by atoms with Crippen molar-refractivity contribution in [2.24, 2.45) is 17.7 Å². The van der Waals surface area contributed by atoms with Crippen LogP contribution >= 0.6 is 0 Å². The second-order valence-electron chi connectivity index (χ2n) is 5.93. The van der Waals surface area contributed by atoms with Crippen molar-refractivity contribution in [1.29, 1.82) is 0 Å². The third-order valence-corrected chi connectivity index (χ3v) is 4.55. The van der Waals surface area contributed by atoms with E-state index < -0.39 is 0 Å². The number of hydrogen-bond acceptors (Lipinski definition) is 3. The van der Waals surface area contributed by atoms with E-state index in [-0.39, 0.29) is 11.9 Å². The molecule has 0 aliphatic heterocycles. The first kappa shape index (κ1) is 15.3. The van der Waals surface area contributed by atoms with Crippen LogP contribution in [-0.4, -0.2) is 13.2 Å². The van der Waals surface area contributed by atoms with E-state index in [2.05, 4.69) is 12.3 Å². The number of methoxy groups -OCH3 is 1. The minimum absolute atomic E-state index is 0.129. The van der Waals surface area contributed by atoms with Crippen LogP contribution in [0.1, 0.15) is 38.2 Å². The molecule has 1 unspecified atom stereocenters. The first-order valence-electron chi connectivity index (χ1n) is 7.43. The number of hydrogen-bond donors (Lipinski definition) is 2. The molecule has 1 aromatic rings. The van der Waals surface area contributed by atoms with E-state index in [9.17, 15) is 4.39 Å². The van der Waals surface area contributed by atoms with Crippen molar-refractivity contribution < 1.29 is 9.13 Å². The number of rotatable bonds is 5. The largest absolute Gasteiger partial charge is 0.494 e. The molecule has 112 valence electrons. The maximum Gasteiger partial charge on any atom is 0.168 e. The Morgan fingerprint density at radius 1 is 1.35 bits per heavy atom. The zero-order valence-corrected chi connectivity index (χ0v) is 12.4. The lowest BCUT2D eigenvalue weighted by Crippen LogP contribution is -2.43. The SMILES string of the molecule is COc1cccc(CC(NN)C2CCC(C)CC2)c1F. The standard InChI is InChI=1S/C16H25FN2O/c1-11-6-8-12(9-7-11)14(19-18)10-13-4-3-5-15(20-2)16(13)17/h3-5,11-12,14,19H,6-10,18H2,1-2H3. The summed E-state index contributed by atoms with van der Waals surface area (Å²) in [6.07, 6.45) is 5.43. The van der Waals surface area contributed by atoms with Crippen LogP contribution in [-0.2, 0) is 6.42 Å². The van der Waals surface area contributed by atoms with Gasteiger partial charge in [0.05, 0.1) is 7.11 Å². The summed E-state index contributed by atoms with van der Waals surface area (Å²) in [6.45, 7) is 2.29. The first-order chi connectivity index (χ1) is 9.65. The Morgan fingerprint density at radius 2 is 2.05 bits per heavy atom. The summed E-state index contributed by atoms with van der Waals surface area (Å²) in [7, 11) is 1.49. The summed E-state index contributed by atoms with van der Waals surface area (Å²) in [4.78, 5) is 0. The molecule has 1 aliphatic carbocycles. The average Bonchev–Trinajstić information content (AvgIpc) is 2.47. The molecule has 0 amide bonds. The molecule has 3 N–H and O–H groups in total. The van der Waals surface area contributed by atoms with E-state index in [1.807, 2.05) is 12.1 Å². The van der Waals surface area contributed by atoms with Crippen LogP contribution in [0.5, 0.6) is 5.75 Å². The van der Waals surface area contributed by atoms with Crippen LogP contribution in [0, 0.1) is 17.7 Å². The number of nitrogens with two attached hydrogens (primary N) is 1. The normalized spacial score (nSPS) is 24.4. The molecule has 0 radical (unpaired) electrons. The maximum atomic E-state index is 14.2. The fraction of sp³-hybridized carbons (Fsp3) is 0.625. The molecule has 0 saturated heterocycles. The zero-order chi connectivity index (χ0) is 14.5. The molecule has 0 bridgehead atoms. The Labute approximate surface area is 120 Å². The predicted molar refractivity (Wildman–Crippen MR) is 78.9 cm³/mol. The zero-order valence-electron chi connectivity index (χ0n) is 12.4. The number of benzene rings is 1. The van der Waals surface area contributed by atoms with E-state index >= 15 is 0 Å². The van der Waals surface area contributed by atoms with Crippen molar-refractivity contribution in [1.82, 2.24) is 5.43 Å². The second kappa shape index (κ2) is 7.04. The lowest BCUT2D eigenvalue weighted by atomic mass is 9.78. The van der Waals surface area contributed by atoms with Gasteiger partial charge in [0.1, 0.15) is 0 Å². The quantitative estimate of drug-likeness (QED) is 0.644. The van der Waals surface area contributed by atoms with Gasteiger partial charge in [-0.2, -0.15) is 0 Å². The summed E-state index contributed by atoms with van der Waals surface area (Å²) in [5.74, 6) is 7.07. The van der Waals surface area contributed by atoms with Gasteiger partial charge in [0.15, 0.2) is 11.6 Å². The van der Waals surface area contributed by atoms with Gasteiger partial charge >= 0.3 is 0 Å². The van der Waals surface area contributed by atoms with Crippen LogP contribution in [0.25, 0.3) is 0 Å². The predicted octanol–water partition coefficient (Wildman–Crippen LogP) is 3.04. The third-order valence-electron chi connectivity index (χ3n) is 4.55. The topological polar surface area (TPSA) is 47.3 Å². The van der Waals surface area contributed by atoms with Crippen molar-refractivity contribution in [3.63, 3.8) is 0 Å². The molecule has 0 aromatic heterocycles. The third kappa shape index (κ3) is 3.49. The molecular formula is C16H25FN2O. The van der Waals surface area contributed by atoms with Gasteiger partial charge in [0.2, 0.25) is 0 Å². The molecule has 1 aromatic carbocycles. The van der Waals surface area contributed by atoms with E-state index in [4.69, 9.17) is 10.6 Å². The first-order valence-corrected chi connectivity index (χ1v) is 7.43. The molecule has 1 atom stereocenters. The van der Waals surface area contributed by atoms with Crippen LogP contribution in [0.4, 0.5) is 4.39 Å². The highest BCUT2D eigenvalue weighted by atomic mass is 19.1. The van der Waals surface area contributed by atoms with Gasteiger partial charge in [-0.25, -0.2) is 4.39 Å². The molecular weight excluding hydrogens is 255 g/mol. The van der Waals surface area contributed by atoms with Crippen LogP contribution in [0.15, 0.2) is 18.2 Å². The molecule has 0 heterocycles. The Morgan fingerprint density at radius 3 is 2.65 bits per heavy atom. The fourth-order valence-electron chi connectivity index (χ4n) is 3.16. The van der Waals surface area contributed by atoms with Crippen LogP contribution in [0.2, 0.25) is 0 Å². The Kier molecular flexibility index (Phi) is 5.38. The van der Waals surface area contributed by atoms with Gasteiger partial charge in [-0.1, -0.05) is 31.9 Å². The average molecular weight is 280 g/mol. The molecule has 1 saturated carbocycles. The molecule has 1 fully saturated rings. The van der Waals surface area contributed by atoms with Crippen LogP contribution < -0.4 is 16.0 Å². The summed E-state index contributed by atoms with van der Waals surface area (Å²) < 4.78 is 19.2. The van der Waals surface area contributed by atoms with Gasteiger partial charge in [-0.3, -0.25) is 11.3 Å². The van der Waals surface area contributed by atoms with Gasteiger partial charge in [0.25, 0.3) is 0 Å². The highest BCUT2D eigenvalue weighted by Crippen LogP contribution is 2.32. The van der Waals surface area contributed by atoms with Crippen molar-refractivity contribution in [2.45, 2.75) is 45.1 Å². The van der Waals surface area contributed by atoms with Crippen molar-refractivity contribution >= 4 is 0 Å². The second-order valence-corrected chi connectivity index (χ2v) is 5.93. The highest BCUT2D eigenvalue weighted by molar-refractivity contribution is 5.31. The number of ether oxygens (including phenoxy) is 1. The smallest absolute Gasteiger partial charge is 0.168 e. The Balaban J connectivity index is 2.06. The Bertz CT molecular complexity index is 430. The molecule has 0 spiro atoms. The van der Waals surface area contributed by atoms with Crippen molar-refractivity contribution in [2.75, 3.05) is 7.11 Å². The maximum absolute atomic E-state index is 14.2. The van der Waals surface area contributed by atoms with Gasteiger partial charge in [0, 0.05) is 6.04 Å². The lowest BCUT2D eigenvalue weighted by molar-refractivity contribution is 0.228. The van der Waals surface area contributed by atoms with Gasteiger partial charge < -0.3 is 4.74 Å². The van der Waals surface area contributed by atoms with Gasteiger partial charge in [-0.15, -0.1) is 0 Å². The highest BCUT2D eigenvalue weighted by Gasteiger charge is 2.26. The van der Waals surface area contributed by atoms with E-state index in [1.54, 1.807) is 6.07 Å². The van der Waals surface area contributed by atoms with E-state index in [0.717, 1.165) is 5.92 Å². The van der Waals surface area contributed by atoms with Gasteiger partial charge in [-0.05, 0) is 42.7 Å². The monoisotopic (exact) mass is 280 g/mol. The van der Waals surface area contributed by atoms with E-state index in [0.29, 0.717) is 23.7 Å². The number of hydrazine groups is 1. The van der Waals surface area contributed by atoms with Crippen molar-refractivity contribution in [3.05, 3.63) is 29.6 Å². The van der Waals surface area contributed by atoms with Crippen molar-refractivity contribution in [3.8, 4) is 5.75 Å². The minimum Gasteiger partial charge on any atom is -0.494 e. The summed E-state index contributed by atoms with van der Waals surface area (Å²) >= 11 is 0. The summed E-state index contributed by atoms with van der Waals surface area (Å²) in [5, 5.41) is 0. The summed E-state index contributed by atoms with van der Waals surface area (Å²) in [6, 6.07) is 5.41. The fourth-order valence-corrected chi connectivity index (χ4v) is 3.16. The molecule has 3 nitrogen and oxygen atoms in total.